The Labute approximate surface area is 125 Å². The first-order chi connectivity index (χ1) is 9.47. The highest BCUT2D eigenvalue weighted by Crippen LogP contribution is 2.37. The van der Waals surface area contributed by atoms with Crippen molar-refractivity contribution in [2.75, 3.05) is 18.2 Å². The highest BCUT2D eigenvalue weighted by molar-refractivity contribution is 8.00. The van der Waals surface area contributed by atoms with E-state index in [4.69, 9.17) is 4.74 Å². The van der Waals surface area contributed by atoms with Crippen molar-refractivity contribution >= 4 is 40.5 Å². The Kier molecular flexibility index (Phi) is 4.61. The second-order valence-electron chi connectivity index (χ2n) is 4.71. The number of rotatable bonds is 5. The van der Waals surface area contributed by atoms with Crippen molar-refractivity contribution in [1.82, 2.24) is 15.1 Å². The summed E-state index contributed by atoms with van der Waals surface area (Å²) in [5.74, 6) is 0.330. The third kappa shape index (κ3) is 3.10. The zero-order valence-electron chi connectivity index (χ0n) is 11.5. The fourth-order valence-corrected chi connectivity index (χ4v) is 3.80. The third-order valence-electron chi connectivity index (χ3n) is 2.93. The predicted molar refractivity (Wildman–Crippen MR) is 77.5 cm³/mol. The predicted octanol–water partition coefficient (Wildman–Crippen LogP) is 0.933. The van der Waals surface area contributed by atoms with Gasteiger partial charge in [-0.1, -0.05) is 11.3 Å². The number of thioether (sulfide) groups is 1. The smallest absolute Gasteiger partial charge is 0.249 e. The van der Waals surface area contributed by atoms with E-state index in [2.05, 4.69) is 15.5 Å². The highest BCUT2D eigenvalue weighted by atomic mass is 32.2. The van der Waals surface area contributed by atoms with Gasteiger partial charge in [0.2, 0.25) is 17.4 Å². The summed E-state index contributed by atoms with van der Waals surface area (Å²) in [6.07, 6.45) is 0.723. The summed E-state index contributed by atoms with van der Waals surface area (Å²) in [5.41, 5.74) is 0. The monoisotopic (exact) mass is 316 g/mol. The Hall–Kier alpha value is -1.19. The van der Waals surface area contributed by atoms with Crippen LogP contribution in [-0.2, 0) is 20.9 Å². The van der Waals surface area contributed by atoms with E-state index in [0.29, 0.717) is 22.5 Å². The number of ether oxygens (including phenoxy) is 1. The molecule has 1 aromatic rings. The van der Waals surface area contributed by atoms with Crippen molar-refractivity contribution in [3.8, 4) is 0 Å². The van der Waals surface area contributed by atoms with Crippen LogP contribution in [0.1, 0.15) is 18.9 Å². The molecule has 2 heterocycles. The Morgan fingerprint density at radius 2 is 2.35 bits per heavy atom. The van der Waals surface area contributed by atoms with Crippen LogP contribution < -0.4 is 5.32 Å². The van der Waals surface area contributed by atoms with E-state index in [0.717, 1.165) is 6.41 Å². The number of carbonyl (C=O) groups is 2. The Morgan fingerprint density at radius 1 is 1.60 bits per heavy atom. The van der Waals surface area contributed by atoms with Gasteiger partial charge in [-0.2, -0.15) is 0 Å². The van der Waals surface area contributed by atoms with E-state index < -0.39 is 6.04 Å². The molecule has 0 aliphatic carbocycles. The van der Waals surface area contributed by atoms with Crippen molar-refractivity contribution in [1.29, 1.82) is 0 Å². The van der Waals surface area contributed by atoms with Crippen LogP contribution in [0, 0.1) is 0 Å². The minimum absolute atomic E-state index is 0.240. The first kappa shape index (κ1) is 15.2. The van der Waals surface area contributed by atoms with Gasteiger partial charge in [-0.05, 0) is 13.8 Å². The molecule has 1 aliphatic heterocycles. The van der Waals surface area contributed by atoms with Gasteiger partial charge in [0.05, 0.1) is 4.87 Å². The Balaban J connectivity index is 2.02. The number of hydrogen-bond acceptors (Lipinski definition) is 7. The number of anilines is 1. The van der Waals surface area contributed by atoms with Crippen molar-refractivity contribution < 1.29 is 14.3 Å². The molecule has 7 nitrogen and oxygen atoms in total. The molecule has 1 aliphatic rings. The van der Waals surface area contributed by atoms with Gasteiger partial charge < -0.3 is 9.64 Å². The molecule has 1 atom stereocenters. The minimum Gasteiger partial charge on any atom is -0.377 e. The van der Waals surface area contributed by atoms with Gasteiger partial charge in [0.15, 0.2) is 0 Å². The van der Waals surface area contributed by atoms with Gasteiger partial charge in [0.1, 0.15) is 17.7 Å². The second-order valence-corrected chi connectivity index (χ2v) is 7.39. The largest absolute Gasteiger partial charge is 0.377 e. The molecule has 20 heavy (non-hydrogen) atoms. The van der Waals surface area contributed by atoms with Crippen molar-refractivity contribution in [2.24, 2.45) is 0 Å². The van der Waals surface area contributed by atoms with Gasteiger partial charge in [-0.25, -0.2) is 0 Å². The van der Waals surface area contributed by atoms with Crippen LogP contribution in [-0.4, -0.2) is 51.2 Å². The van der Waals surface area contributed by atoms with Crippen LogP contribution in [0.4, 0.5) is 5.13 Å². The van der Waals surface area contributed by atoms with Crippen LogP contribution in [0.15, 0.2) is 0 Å². The highest BCUT2D eigenvalue weighted by Gasteiger charge is 2.43. The number of methoxy groups -OCH3 is 1. The molecule has 0 aromatic carbocycles. The minimum atomic E-state index is -0.484. The number of carbonyl (C=O) groups excluding carboxylic acids is 2. The van der Waals surface area contributed by atoms with Crippen LogP contribution in [0.25, 0.3) is 0 Å². The maximum absolute atomic E-state index is 12.2. The van der Waals surface area contributed by atoms with E-state index in [9.17, 15) is 9.59 Å². The second kappa shape index (κ2) is 6.06. The molecule has 0 unspecified atom stereocenters. The van der Waals surface area contributed by atoms with E-state index in [-0.39, 0.29) is 10.8 Å². The summed E-state index contributed by atoms with van der Waals surface area (Å²) in [4.78, 5) is 24.6. The number of aromatic nitrogens is 2. The molecule has 1 N–H and O–H groups in total. The molecule has 1 fully saturated rings. The molecule has 9 heteroatoms. The summed E-state index contributed by atoms with van der Waals surface area (Å²) in [5, 5.41) is 11.6. The number of hydrogen-bond donors (Lipinski definition) is 1. The first-order valence-corrected chi connectivity index (χ1v) is 7.78. The number of nitrogens with zero attached hydrogens (tertiary/aromatic N) is 3. The maximum atomic E-state index is 12.2. The fourth-order valence-electron chi connectivity index (χ4n) is 1.89. The first-order valence-electron chi connectivity index (χ1n) is 5.98. The molecule has 0 radical (unpaired) electrons. The molecule has 0 spiro atoms. The lowest BCUT2D eigenvalue weighted by molar-refractivity contribution is -0.130. The zero-order valence-corrected chi connectivity index (χ0v) is 13.1. The van der Waals surface area contributed by atoms with Crippen molar-refractivity contribution in [3.05, 3.63) is 5.01 Å². The van der Waals surface area contributed by atoms with Gasteiger partial charge in [0.25, 0.3) is 0 Å². The molecule has 0 bridgehead atoms. The van der Waals surface area contributed by atoms with E-state index >= 15 is 0 Å². The molecule has 0 saturated carbocycles. The van der Waals surface area contributed by atoms with Gasteiger partial charge >= 0.3 is 0 Å². The van der Waals surface area contributed by atoms with Crippen molar-refractivity contribution in [3.63, 3.8) is 0 Å². The summed E-state index contributed by atoms with van der Waals surface area (Å²) >= 11 is 2.83. The number of amides is 2. The Bertz CT molecular complexity index is 506. The van der Waals surface area contributed by atoms with E-state index in [1.165, 1.54) is 16.2 Å². The van der Waals surface area contributed by atoms with Crippen LogP contribution >= 0.6 is 23.1 Å². The SMILES string of the molecule is COCc1nnc(NC(=O)[C@@H]2CSC(C)(C)N2C=O)s1. The average Bonchev–Trinajstić information content (AvgIpc) is 2.93. The van der Waals surface area contributed by atoms with Crippen molar-refractivity contribution in [2.45, 2.75) is 31.4 Å². The summed E-state index contributed by atoms with van der Waals surface area (Å²) < 4.78 is 4.95. The zero-order chi connectivity index (χ0) is 14.8. The molecule has 2 rings (SSSR count). The van der Waals surface area contributed by atoms with Crippen LogP contribution in [0.5, 0.6) is 0 Å². The van der Waals surface area contributed by atoms with Crippen LogP contribution in [0.2, 0.25) is 0 Å². The standard InChI is InChI=1S/C11H16N4O3S2/c1-11(2)15(6-16)7(5-19-11)9(17)12-10-14-13-8(20-10)4-18-3/h6-7H,4-5H2,1-3H3,(H,12,14,17)/t7-/m0/s1. The lowest BCUT2D eigenvalue weighted by Crippen LogP contribution is -2.47. The molecular weight excluding hydrogens is 300 g/mol. The fraction of sp³-hybridized carbons (Fsp3) is 0.636. The average molecular weight is 316 g/mol. The summed E-state index contributed by atoms with van der Waals surface area (Å²) in [7, 11) is 1.57. The molecule has 2 amide bonds. The normalized spacial score (nSPS) is 20.9. The molecular formula is C11H16N4O3S2. The van der Waals surface area contributed by atoms with E-state index in [1.807, 2.05) is 13.8 Å². The third-order valence-corrected chi connectivity index (χ3v) is 5.14. The quantitative estimate of drug-likeness (QED) is 0.814. The van der Waals surface area contributed by atoms with Crippen LogP contribution in [0.3, 0.4) is 0 Å². The van der Waals surface area contributed by atoms with Gasteiger partial charge in [0, 0.05) is 12.9 Å². The van der Waals surface area contributed by atoms with Gasteiger partial charge in [-0.3, -0.25) is 14.9 Å². The topological polar surface area (TPSA) is 84.4 Å². The number of nitrogens with one attached hydrogen (secondary N) is 1. The molecule has 110 valence electrons. The molecule has 1 saturated heterocycles. The Morgan fingerprint density at radius 3 is 3.00 bits per heavy atom. The lowest BCUT2D eigenvalue weighted by atomic mass is 10.2. The molecule has 1 aromatic heterocycles. The summed E-state index contributed by atoms with van der Waals surface area (Å²) in [6, 6.07) is -0.484. The lowest BCUT2D eigenvalue weighted by Gasteiger charge is -2.29. The van der Waals surface area contributed by atoms with E-state index in [1.54, 1.807) is 18.9 Å². The summed E-state index contributed by atoms with van der Waals surface area (Å²) in [6.45, 7) is 4.20. The maximum Gasteiger partial charge on any atom is 0.249 e. The van der Waals surface area contributed by atoms with Gasteiger partial charge in [-0.15, -0.1) is 22.0 Å².